The van der Waals surface area contributed by atoms with Gasteiger partial charge >= 0.3 is 6.01 Å². The van der Waals surface area contributed by atoms with E-state index in [1.54, 1.807) is 13.4 Å². The van der Waals surface area contributed by atoms with Crippen LogP contribution in [0.1, 0.15) is 12.0 Å². The lowest BCUT2D eigenvalue weighted by Crippen LogP contribution is -2.07. The Morgan fingerprint density at radius 3 is 2.74 bits per heavy atom. The van der Waals surface area contributed by atoms with Crippen molar-refractivity contribution in [1.82, 2.24) is 19.5 Å². The molecule has 0 unspecified atom stereocenters. The first kappa shape index (κ1) is 15.2. The Morgan fingerprint density at radius 1 is 1.13 bits per heavy atom. The molecule has 3 aromatic rings. The predicted molar refractivity (Wildman–Crippen MR) is 87.3 cm³/mol. The van der Waals surface area contributed by atoms with Crippen LogP contribution in [0.3, 0.4) is 0 Å². The molecule has 0 saturated carbocycles. The second-order valence-electron chi connectivity index (χ2n) is 5.12. The van der Waals surface area contributed by atoms with Crippen molar-refractivity contribution < 1.29 is 9.47 Å². The Kier molecular flexibility index (Phi) is 4.68. The molecule has 0 aliphatic heterocycles. The summed E-state index contributed by atoms with van der Waals surface area (Å²) in [5, 5.41) is 0. The van der Waals surface area contributed by atoms with Crippen LogP contribution >= 0.6 is 0 Å². The standard InChI is InChI=1S/C16H19N5O2/c1-22-8-5-9-23-16-19-14(17)13-15(20-16)21(11-18-13)10-12-6-3-2-4-7-12/h2-4,6-7,11H,5,8-10H2,1H3,(H2,17,19,20). The molecule has 0 bridgehead atoms. The van der Waals surface area contributed by atoms with Crippen LogP contribution in [-0.4, -0.2) is 39.8 Å². The van der Waals surface area contributed by atoms with Crippen molar-refractivity contribution in [2.45, 2.75) is 13.0 Å². The van der Waals surface area contributed by atoms with Crippen LogP contribution in [0.4, 0.5) is 5.82 Å². The van der Waals surface area contributed by atoms with E-state index in [9.17, 15) is 0 Å². The first-order valence-corrected chi connectivity index (χ1v) is 7.42. The Labute approximate surface area is 134 Å². The molecule has 0 aliphatic rings. The lowest BCUT2D eigenvalue weighted by molar-refractivity contribution is 0.169. The minimum absolute atomic E-state index is 0.265. The monoisotopic (exact) mass is 313 g/mol. The van der Waals surface area contributed by atoms with Gasteiger partial charge in [-0.2, -0.15) is 9.97 Å². The second kappa shape index (κ2) is 7.06. The smallest absolute Gasteiger partial charge is 0.320 e. The SMILES string of the molecule is COCCCOc1nc(N)c2ncn(Cc3ccccc3)c2n1. The van der Waals surface area contributed by atoms with E-state index in [-0.39, 0.29) is 6.01 Å². The Hall–Kier alpha value is -2.67. The zero-order chi connectivity index (χ0) is 16.1. The zero-order valence-electron chi connectivity index (χ0n) is 13.0. The summed E-state index contributed by atoms with van der Waals surface area (Å²) in [6.07, 6.45) is 2.48. The molecule has 0 radical (unpaired) electrons. The summed E-state index contributed by atoms with van der Waals surface area (Å²) in [7, 11) is 1.66. The van der Waals surface area contributed by atoms with Gasteiger partial charge in [-0.25, -0.2) is 4.98 Å². The molecular formula is C16H19N5O2. The largest absolute Gasteiger partial charge is 0.463 e. The molecular weight excluding hydrogens is 294 g/mol. The predicted octanol–water partition coefficient (Wildman–Crippen LogP) is 1.87. The number of imidazole rings is 1. The number of ether oxygens (including phenoxy) is 2. The van der Waals surface area contributed by atoms with E-state index in [1.807, 2.05) is 22.8 Å². The van der Waals surface area contributed by atoms with Crippen LogP contribution in [0.15, 0.2) is 36.7 Å². The van der Waals surface area contributed by atoms with Gasteiger partial charge in [0.05, 0.1) is 19.5 Å². The number of rotatable bonds is 7. The normalized spacial score (nSPS) is 11.0. The summed E-state index contributed by atoms with van der Waals surface area (Å²) in [5.41, 5.74) is 8.38. The molecule has 2 aromatic heterocycles. The van der Waals surface area contributed by atoms with E-state index in [1.165, 1.54) is 0 Å². The summed E-state index contributed by atoms with van der Waals surface area (Å²) >= 11 is 0. The molecule has 1 aromatic carbocycles. The van der Waals surface area contributed by atoms with Gasteiger partial charge in [0.15, 0.2) is 17.0 Å². The van der Waals surface area contributed by atoms with Crippen molar-refractivity contribution in [2.75, 3.05) is 26.1 Å². The van der Waals surface area contributed by atoms with Gasteiger partial charge in [0.1, 0.15) is 0 Å². The quantitative estimate of drug-likeness (QED) is 0.670. The van der Waals surface area contributed by atoms with E-state index in [0.717, 1.165) is 12.0 Å². The molecule has 2 N–H and O–H groups in total. The van der Waals surface area contributed by atoms with E-state index < -0.39 is 0 Å². The number of benzene rings is 1. The number of nitrogens with zero attached hydrogens (tertiary/aromatic N) is 4. The van der Waals surface area contributed by atoms with Gasteiger partial charge in [0.25, 0.3) is 0 Å². The maximum Gasteiger partial charge on any atom is 0.320 e. The molecule has 7 nitrogen and oxygen atoms in total. The maximum atomic E-state index is 5.96. The number of hydrogen-bond donors (Lipinski definition) is 1. The average Bonchev–Trinajstić information content (AvgIpc) is 2.96. The Bertz CT molecular complexity index is 773. The highest BCUT2D eigenvalue weighted by Gasteiger charge is 2.12. The van der Waals surface area contributed by atoms with E-state index in [0.29, 0.717) is 36.7 Å². The molecule has 0 spiro atoms. The van der Waals surface area contributed by atoms with E-state index in [2.05, 4.69) is 27.1 Å². The number of fused-ring (bicyclic) bond motifs is 1. The van der Waals surface area contributed by atoms with Crippen LogP contribution in [0.5, 0.6) is 6.01 Å². The van der Waals surface area contributed by atoms with Crippen LogP contribution < -0.4 is 10.5 Å². The average molecular weight is 313 g/mol. The molecule has 23 heavy (non-hydrogen) atoms. The van der Waals surface area contributed by atoms with Crippen LogP contribution in [0.25, 0.3) is 11.2 Å². The van der Waals surface area contributed by atoms with Gasteiger partial charge in [-0.1, -0.05) is 30.3 Å². The molecule has 120 valence electrons. The second-order valence-corrected chi connectivity index (χ2v) is 5.12. The fourth-order valence-electron chi connectivity index (χ4n) is 2.27. The van der Waals surface area contributed by atoms with Crippen molar-refractivity contribution in [1.29, 1.82) is 0 Å². The van der Waals surface area contributed by atoms with Crippen LogP contribution in [0.2, 0.25) is 0 Å². The fraction of sp³-hybridized carbons (Fsp3) is 0.312. The summed E-state index contributed by atoms with van der Waals surface area (Å²) in [4.78, 5) is 12.9. The minimum atomic E-state index is 0.265. The van der Waals surface area contributed by atoms with Crippen molar-refractivity contribution in [3.8, 4) is 6.01 Å². The third kappa shape index (κ3) is 3.57. The Balaban J connectivity index is 1.83. The summed E-state index contributed by atoms with van der Waals surface area (Å²) in [6, 6.07) is 10.4. The molecule has 0 fully saturated rings. The minimum Gasteiger partial charge on any atom is -0.463 e. The molecule has 3 rings (SSSR count). The highest BCUT2D eigenvalue weighted by Crippen LogP contribution is 2.20. The number of methoxy groups -OCH3 is 1. The molecule has 0 saturated heterocycles. The number of aromatic nitrogens is 4. The third-order valence-corrected chi connectivity index (χ3v) is 3.39. The van der Waals surface area contributed by atoms with Crippen LogP contribution in [-0.2, 0) is 11.3 Å². The highest BCUT2D eigenvalue weighted by molar-refractivity contribution is 5.81. The Morgan fingerprint density at radius 2 is 1.96 bits per heavy atom. The fourth-order valence-corrected chi connectivity index (χ4v) is 2.27. The lowest BCUT2D eigenvalue weighted by Gasteiger charge is -2.07. The van der Waals surface area contributed by atoms with Gasteiger partial charge < -0.3 is 19.8 Å². The first-order valence-electron chi connectivity index (χ1n) is 7.42. The molecule has 0 amide bonds. The van der Waals surface area contributed by atoms with Crippen molar-refractivity contribution in [3.05, 3.63) is 42.2 Å². The van der Waals surface area contributed by atoms with Crippen molar-refractivity contribution >= 4 is 17.0 Å². The van der Waals surface area contributed by atoms with Gasteiger partial charge in [-0.05, 0) is 5.56 Å². The maximum absolute atomic E-state index is 5.96. The van der Waals surface area contributed by atoms with E-state index in [4.69, 9.17) is 15.2 Å². The third-order valence-electron chi connectivity index (χ3n) is 3.39. The molecule has 0 atom stereocenters. The topological polar surface area (TPSA) is 88.1 Å². The van der Waals surface area contributed by atoms with E-state index >= 15 is 0 Å². The summed E-state index contributed by atoms with van der Waals surface area (Å²) in [6.45, 7) is 1.77. The number of nitrogens with two attached hydrogens (primary N) is 1. The van der Waals surface area contributed by atoms with Crippen molar-refractivity contribution in [2.24, 2.45) is 0 Å². The zero-order valence-corrected chi connectivity index (χ0v) is 13.0. The summed E-state index contributed by atoms with van der Waals surface area (Å²) in [5.74, 6) is 0.323. The van der Waals surface area contributed by atoms with Crippen LogP contribution in [0, 0.1) is 0 Å². The van der Waals surface area contributed by atoms with Gasteiger partial charge in [-0.15, -0.1) is 0 Å². The molecule has 2 heterocycles. The molecule has 7 heteroatoms. The van der Waals surface area contributed by atoms with Crippen molar-refractivity contribution in [3.63, 3.8) is 0 Å². The number of anilines is 1. The molecule has 0 aliphatic carbocycles. The first-order chi connectivity index (χ1) is 11.3. The van der Waals surface area contributed by atoms with Gasteiger partial charge in [-0.3, -0.25) is 0 Å². The van der Waals surface area contributed by atoms with Gasteiger partial charge in [0, 0.05) is 20.1 Å². The summed E-state index contributed by atoms with van der Waals surface area (Å²) < 4.78 is 12.5. The van der Waals surface area contributed by atoms with Gasteiger partial charge in [0.2, 0.25) is 0 Å². The highest BCUT2D eigenvalue weighted by atomic mass is 16.5. The lowest BCUT2D eigenvalue weighted by atomic mass is 10.2. The number of nitrogen functional groups attached to an aromatic ring is 1. The number of hydrogen-bond acceptors (Lipinski definition) is 6.